The second-order valence-corrected chi connectivity index (χ2v) is 10.7. The number of aromatic nitrogens is 1. The highest BCUT2D eigenvalue weighted by Crippen LogP contribution is 2.47. The van der Waals surface area contributed by atoms with Crippen LogP contribution in [-0.4, -0.2) is 10.5 Å². The molecule has 10 heteroatoms. The van der Waals surface area contributed by atoms with Crippen molar-refractivity contribution in [2.75, 3.05) is 5.32 Å². The van der Waals surface area contributed by atoms with E-state index in [4.69, 9.17) is 16.3 Å². The molecule has 0 saturated heterocycles. The number of halogens is 5. The second-order valence-electron chi connectivity index (χ2n) is 6.86. The van der Waals surface area contributed by atoms with Crippen LogP contribution in [0.4, 0.5) is 14.5 Å². The van der Waals surface area contributed by atoms with Gasteiger partial charge in [0, 0.05) is 29.1 Å². The summed E-state index contributed by atoms with van der Waals surface area (Å²) in [7, 11) is 0. The lowest BCUT2D eigenvalue weighted by Gasteiger charge is -2.14. The van der Waals surface area contributed by atoms with Gasteiger partial charge in [0.15, 0.2) is 3.23 Å². The normalized spacial score (nSPS) is 14.3. The minimum atomic E-state index is -1.03. The average molecular weight is 575 g/mol. The summed E-state index contributed by atoms with van der Waals surface area (Å²) in [6.45, 7) is 0.00267. The van der Waals surface area contributed by atoms with E-state index in [0.717, 1.165) is 17.7 Å². The van der Waals surface area contributed by atoms with Crippen LogP contribution in [0.15, 0.2) is 53.5 Å². The van der Waals surface area contributed by atoms with Crippen LogP contribution in [-0.2, 0) is 21.2 Å². The lowest BCUT2D eigenvalue weighted by molar-refractivity contribution is -0.115. The largest absolute Gasteiger partial charge is 0.487 e. The molecule has 2 heterocycles. The van der Waals surface area contributed by atoms with Gasteiger partial charge in [-0.3, -0.25) is 9.59 Å². The van der Waals surface area contributed by atoms with Crippen LogP contribution in [0.3, 0.4) is 0 Å². The predicted octanol–water partition coefficient (Wildman–Crippen LogP) is 5.30. The minimum Gasteiger partial charge on any atom is -0.487 e. The Labute approximate surface area is 197 Å². The molecule has 1 amide bonds. The molecule has 0 aliphatic carbocycles. The molecule has 1 aliphatic rings. The van der Waals surface area contributed by atoms with Crippen LogP contribution in [0.1, 0.15) is 16.7 Å². The number of hydrogen-bond donors (Lipinski definition) is 1. The van der Waals surface area contributed by atoms with Crippen LogP contribution in [0.2, 0.25) is 5.02 Å². The van der Waals surface area contributed by atoms with Crippen molar-refractivity contribution >= 4 is 55.1 Å². The second kappa shape index (κ2) is 8.37. The van der Waals surface area contributed by atoms with Crippen molar-refractivity contribution in [1.29, 1.82) is 0 Å². The number of carbonyl (C=O) groups is 1. The Morgan fingerprint density at radius 3 is 2.61 bits per heavy atom. The quantitative estimate of drug-likeness (QED) is 0.421. The smallest absolute Gasteiger partial charge is 0.273 e. The van der Waals surface area contributed by atoms with Crippen LogP contribution in [0, 0.1) is 11.6 Å². The van der Waals surface area contributed by atoms with Crippen molar-refractivity contribution < 1.29 is 18.3 Å². The molecular formula is C21H13Br2ClF2N2O3. The molecule has 1 aromatic heterocycles. The van der Waals surface area contributed by atoms with E-state index in [1.165, 1.54) is 22.9 Å². The summed E-state index contributed by atoms with van der Waals surface area (Å²) >= 11 is 12.9. The number of benzene rings is 2. The van der Waals surface area contributed by atoms with Gasteiger partial charge < -0.3 is 14.6 Å². The highest BCUT2D eigenvalue weighted by Gasteiger charge is 2.42. The highest BCUT2D eigenvalue weighted by atomic mass is 79.9. The maximum absolute atomic E-state index is 13.8. The van der Waals surface area contributed by atoms with Gasteiger partial charge in [-0.2, -0.15) is 0 Å². The Hall–Kier alpha value is -2.23. The molecule has 31 heavy (non-hydrogen) atoms. The number of hydrogen-bond acceptors (Lipinski definition) is 3. The number of fused-ring (bicyclic) bond motifs is 1. The topological polar surface area (TPSA) is 60.3 Å². The zero-order valence-electron chi connectivity index (χ0n) is 15.6. The number of anilines is 1. The SMILES string of the molecule is O=C1Nc2ccc(Cn3ccc(OCc4ccc(F)cc4F)c(Cl)c3=O)cc2C1(Br)Br. The number of alkyl halides is 2. The predicted molar refractivity (Wildman–Crippen MR) is 120 cm³/mol. The fourth-order valence-electron chi connectivity index (χ4n) is 3.14. The summed E-state index contributed by atoms with van der Waals surface area (Å²) in [6, 6.07) is 10.0. The molecule has 0 radical (unpaired) electrons. The Bertz CT molecular complexity index is 1260. The minimum absolute atomic E-state index is 0.0929. The van der Waals surface area contributed by atoms with E-state index < -0.39 is 20.4 Å². The summed E-state index contributed by atoms with van der Waals surface area (Å²) in [5.74, 6) is -1.58. The third kappa shape index (κ3) is 4.26. The van der Waals surface area contributed by atoms with E-state index >= 15 is 0 Å². The maximum Gasteiger partial charge on any atom is 0.273 e. The van der Waals surface area contributed by atoms with Gasteiger partial charge in [-0.15, -0.1) is 0 Å². The zero-order valence-corrected chi connectivity index (χ0v) is 19.5. The summed E-state index contributed by atoms with van der Waals surface area (Å²) in [6.07, 6.45) is 1.51. The maximum atomic E-state index is 13.8. The molecule has 1 N–H and O–H groups in total. The fourth-order valence-corrected chi connectivity index (χ4v) is 4.22. The van der Waals surface area contributed by atoms with Gasteiger partial charge in [0.2, 0.25) is 0 Å². The number of ether oxygens (including phenoxy) is 1. The van der Waals surface area contributed by atoms with Crippen molar-refractivity contribution in [1.82, 2.24) is 4.57 Å². The number of amides is 1. The molecule has 160 valence electrons. The molecule has 0 bridgehead atoms. The summed E-state index contributed by atoms with van der Waals surface area (Å²) in [5, 5.41) is 2.60. The van der Waals surface area contributed by atoms with Crippen molar-refractivity contribution in [3.63, 3.8) is 0 Å². The molecule has 1 aliphatic heterocycles. The summed E-state index contributed by atoms with van der Waals surface area (Å²) in [4.78, 5) is 24.7. The molecule has 0 saturated carbocycles. The van der Waals surface area contributed by atoms with Gasteiger partial charge in [0.1, 0.15) is 29.0 Å². The van der Waals surface area contributed by atoms with Gasteiger partial charge in [-0.1, -0.05) is 49.5 Å². The lowest BCUT2D eigenvalue weighted by Crippen LogP contribution is -2.22. The average Bonchev–Trinajstić information content (AvgIpc) is 2.95. The van der Waals surface area contributed by atoms with Crippen LogP contribution in [0.5, 0.6) is 5.75 Å². The summed E-state index contributed by atoms with van der Waals surface area (Å²) in [5.41, 5.74) is 1.80. The van der Waals surface area contributed by atoms with Crippen LogP contribution in [0.25, 0.3) is 0 Å². The number of pyridine rings is 1. The highest BCUT2D eigenvalue weighted by molar-refractivity contribution is 9.25. The van der Waals surface area contributed by atoms with E-state index in [9.17, 15) is 18.4 Å². The molecule has 5 nitrogen and oxygen atoms in total. The molecule has 0 unspecified atom stereocenters. The van der Waals surface area contributed by atoms with Gasteiger partial charge in [0.05, 0.1) is 6.54 Å². The molecule has 0 spiro atoms. The number of nitrogens with zero attached hydrogens (tertiary/aromatic N) is 1. The molecule has 2 aromatic carbocycles. The van der Waals surface area contributed by atoms with Crippen LogP contribution < -0.4 is 15.6 Å². The van der Waals surface area contributed by atoms with Gasteiger partial charge in [0.25, 0.3) is 11.5 Å². The number of nitrogens with one attached hydrogen (secondary N) is 1. The van der Waals surface area contributed by atoms with E-state index in [1.54, 1.807) is 18.2 Å². The Balaban J connectivity index is 1.54. The van der Waals surface area contributed by atoms with Crippen molar-refractivity contribution in [2.45, 2.75) is 16.4 Å². The zero-order chi connectivity index (χ0) is 22.3. The first-order valence-electron chi connectivity index (χ1n) is 8.95. The third-order valence-electron chi connectivity index (χ3n) is 4.78. The molecule has 4 rings (SSSR count). The first-order valence-corrected chi connectivity index (χ1v) is 10.9. The molecule has 0 atom stereocenters. The van der Waals surface area contributed by atoms with E-state index in [-0.39, 0.29) is 35.4 Å². The monoisotopic (exact) mass is 572 g/mol. The lowest BCUT2D eigenvalue weighted by atomic mass is 10.1. The summed E-state index contributed by atoms with van der Waals surface area (Å²) < 4.78 is 32.6. The van der Waals surface area contributed by atoms with Crippen molar-refractivity contribution in [2.24, 2.45) is 0 Å². The van der Waals surface area contributed by atoms with E-state index in [1.807, 2.05) is 0 Å². The van der Waals surface area contributed by atoms with Crippen molar-refractivity contribution in [3.05, 3.63) is 92.4 Å². The van der Waals surface area contributed by atoms with E-state index in [2.05, 4.69) is 37.2 Å². The number of carbonyl (C=O) groups excluding carboxylic acids is 1. The standard InChI is InChI=1S/C21H13Br2ClF2N2O3/c22-21(23)14-7-11(1-4-16(14)27-20(21)30)9-28-6-5-17(18(24)19(28)29)31-10-12-2-3-13(25)8-15(12)26/h1-8H,9-10H2,(H,27,30). The Morgan fingerprint density at radius 1 is 1.10 bits per heavy atom. The first kappa shape index (κ1) is 22.0. The van der Waals surface area contributed by atoms with Gasteiger partial charge in [-0.05, 0) is 35.9 Å². The molecular weight excluding hydrogens is 561 g/mol. The van der Waals surface area contributed by atoms with Gasteiger partial charge >= 0.3 is 0 Å². The third-order valence-corrected chi connectivity index (χ3v) is 6.70. The fraction of sp³-hybridized carbons (Fsp3) is 0.143. The van der Waals surface area contributed by atoms with Gasteiger partial charge in [-0.25, -0.2) is 8.78 Å². The van der Waals surface area contributed by atoms with E-state index in [0.29, 0.717) is 11.3 Å². The first-order chi connectivity index (χ1) is 14.7. The van der Waals surface area contributed by atoms with Crippen LogP contribution >= 0.6 is 43.5 Å². The molecule has 0 fully saturated rings. The number of rotatable bonds is 5. The molecule has 3 aromatic rings. The Kier molecular flexibility index (Phi) is 5.93. The Morgan fingerprint density at radius 2 is 1.87 bits per heavy atom. The van der Waals surface area contributed by atoms with Crippen molar-refractivity contribution in [3.8, 4) is 5.75 Å².